The second-order valence-corrected chi connectivity index (χ2v) is 5.66. The molecular formula is C15H22Cl2N2O. The number of rotatable bonds is 4. The molecule has 1 fully saturated rings. The van der Waals surface area contributed by atoms with E-state index in [0.717, 1.165) is 0 Å². The highest BCUT2D eigenvalue weighted by Gasteiger charge is 2.18. The number of halogens is 2. The van der Waals surface area contributed by atoms with Gasteiger partial charge in [-0.3, -0.25) is 9.69 Å². The van der Waals surface area contributed by atoms with E-state index in [-0.39, 0.29) is 18.3 Å². The van der Waals surface area contributed by atoms with Crippen molar-refractivity contribution >= 4 is 29.9 Å². The summed E-state index contributed by atoms with van der Waals surface area (Å²) in [5.74, 6) is -0.0647. The predicted molar refractivity (Wildman–Crippen MR) is 85.7 cm³/mol. The first-order chi connectivity index (χ1) is 9.16. The number of nitrogens with zero attached hydrogens (tertiary/aromatic N) is 1. The highest BCUT2D eigenvalue weighted by Crippen LogP contribution is 2.21. The molecule has 3 nitrogen and oxygen atoms in total. The van der Waals surface area contributed by atoms with Gasteiger partial charge in [0.15, 0.2) is 0 Å². The normalized spacial score (nSPS) is 15.8. The maximum atomic E-state index is 12.0. The SMILES string of the molecule is CN(CNC(=O)c1cccc(Cl)c1)C1CCCCC1.Cl. The molecule has 0 spiro atoms. The fraction of sp³-hybridized carbons (Fsp3) is 0.533. The Kier molecular flexibility index (Phi) is 7.35. The molecule has 5 heteroatoms. The topological polar surface area (TPSA) is 32.3 Å². The van der Waals surface area contributed by atoms with Gasteiger partial charge < -0.3 is 5.32 Å². The second kappa shape index (κ2) is 8.50. The largest absolute Gasteiger partial charge is 0.339 e. The molecule has 2 rings (SSSR count). The van der Waals surface area contributed by atoms with Crippen LogP contribution < -0.4 is 5.32 Å². The van der Waals surface area contributed by atoms with Crippen LogP contribution in [0, 0.1) is 0 Å². The van der Waals surface area contributed by atoms with Gasteiger partial charge in [-0.05, 0) is 38.1 Å². The van der Waals surface area contributed by atoms with Gasteiger partial charge in [-0.2, -0.15) is 0 Å². The maximum Gasteiger partial charge on any atom is 0.252 e. The van der Waals surface area contributed by atoms with E-state index in [1.54, 1.807) is 24.3 Å². The molecule has 1 saturated carbocycles. The van der Waals surface area contributed by atoms with Gasteiger partial charge in [-0.1, -0.05) is 36.9 Å². The number of carbonyl (C=O) groups excluding carboxylic acids is 1. The van der Waals surface area contributed by atoms with Gasteiger partial charge in [0.2, 0.25) is 0 Å². The number of hydrogen-bond donors (Lipinski definition) is 1. The molecule has 0 unspecified atom stereocenters. The molecule has 112 valence electrons. The van der Waals surface area contributed by atoms with E-state index in [2.05, 4.69) is 17.3 Å². The summed E-state index contributed by atoms with van der Waals surface area (Å²) in [6.07, 6.45) is 6.43. The van der Waals surface area contributed by atoms with Crippen LogP contribution in [0.4, 0.5) is 0 Å². The molecule has 1 aromatic carbocycles. The van der Waals surface area contributed by atoms with Crippen LogP contribution in [0.2, 0.25) is 5.02 Å². The van der Waals surface area contributed by atoms with Crippen LogP contribution in [0.1, 0.15) is 42.5 Å². The van der Waals surface area contributed by atoms with Crippen LogP contribution in [0.3, 0.4) is 0 Å². The Bertz CT molecular complexity index is 434. The first-order valence-electron chi connectivity index (χ1n) is 6.91. The van der Waals surface area contributed by atoms with Gasteiger partial charge in [0.1, 0.15) is 0 Å². The van der Waals surface area contributed by atoms with E-state index in [1.807, 2.05) is 0 Å². The third-order valence-corrected chi connectivity index (χ3v) is 4.01. The van der Waals surface area contributed by atoms with Crippen LogP contribution in [0.15, 0.2) is 24.3 Å². The Morgan fingerprint density at radius 2 is 2.05 bits per heavy atom. The highest BCUT2D eigenvalue weighted by atomic mass is 35.5. The van der Waals surface area contributed by atoms with Crippen molar-refractivity contribution in [2.75, 3.05) is 13.7 Å². The Morgan fingerprint density at radius 1 is 1.35 bits per heavy atom. The number of hydrogen-bond acceptors (Lipinski definition) is 2. The molecule has 20 heavy (non-hydrogen) atoms. The molecule has 0 aromatic heterocycles. The Morgan fingerprint density at radius 3 is 2.70 bits per heavy atom. The lowest BCUT2D eigenvalue weighted by atomic mass is 9.95. The van der Waals surface area contributed by atoms with Crippen molar-refractivity contribution in [3.63, 3.8) is 0 Å². The van der Waals surface area contributed by atoms with Gasteiger partial charge in [0, 0.05) is 16.6 Å². The summed E-state index contributed by atoms with van der Waals surface area (Å²) >= 11 is 5.88. The molecule has 0 atom stereocenters. The zero-order valence-corrected chi connectivity index (χ0v) is 13.3. The van der Waals surface area contributed by atoms with E-state index in [0.29, 0.717) is 23.3 Å². The smallest absolute Gasteiger partial charge is 0.252 e. The summed E-state index contributed by atoms with van der Waals surface area (Å²) in [5.41, 5.74) is 0.615. The van der Waals surface area contributed by atoms with Crippen LogP contribution in [-0.2, 0) is 0 Å². The van der Waals surface area contributed by atoms with Crippen molar-refractivity contribution in [2.45, 2.75) is 38.1 Å². The molecule has 0 heterocycles. The fourth-order valence-corrected chi connectivity index (χ4v) is 2.77. The van der Waals surface area contributed by atoms with E-state index in [9.17, 15) is 4.79 Å². The lowest BCUT2D eigenvalue weighted by molar-refractivity contribution is 0.0905. The van der Waals surface area contributed by atoms with Crippen molar-refractivity contribution in [2.24, 2.45) is 0 Å². The van der Waals surface area contributed by atoms with E-state index >= 15 is 0 Å². The van der Waals surface area contributed by atoms with E-state index < -0.39 is 0 Å². The Balaban J connectivity index is 0.00000200. The van der Waals surface area contributed by atoms with E-state index in [1.165, 1.54) is 32.1 Å². The third-order valence-electron chi connectivity index (χ3n) is 3.77. The standard InChI is InChI=1S/C15H21ClN2O.ClH/c1-18(14-8-3-2-4-9-14)11-17-15(19)12-6-5-7-13(16)10-12;/h5-7,10,14H,2-4,8-9,11H2,1H3,(H,17,19);1H. The van der Waals surface area contributed by atoms with Crippen molar-refractivity contribution in [1.29, 1.82) is 0 Å². The molecule has 1 N–H and O–H groups in total. The molecule has 0 bridgehead atoms. The van der Waals surface area contributed by atoms with Crippen LogP contribution >= 0.6 is 24.0 Å². The van der Waals surface area contributed by atoms with Gasteiger partial charge >= 0.3 is 0 Å². The minimum atomic E-state index is -0.0647. The molecule has 0 radical (unpaired) electrons. The molecule has 1 aliphatic carbocycles. The van der Waals surface area contributed by atoms with Gasteiger partial charge in [-0.15, -0.1) is 12.4 Å². The summed E-state index contributed by atoms with van der Waals surface area (Å²) in [6.45, 7) is 0.593. The van der Waals surface area contributed by atoms with Crippen molar-refractivity contribution in [1.82, 2.24) is 10.2 Å². The first-order valence-corrected chi connectivity index (χ1v) is 7.28. The summed E-state index contributed by atoms with van der Waals surface area (Å²) in [4.78, 5) is 14.2. The van der Waals surface area contributed by atoms with Gasteiger partial charge in [-0.25, -0.2) is 0 Å². The summed E-state index contributed by atoms with van der Waals surface area (Å²) in [6, 6.07) is 7.64. The molecule has 1 aromatic rings. The molecular weight excluding hydrogens is 295 g/mol. The van der Waals surface area contributed by atoms with Crippen LogP contribution in [0.25, 0.3) is 0 Å². The van der Waals surface area contributed by atoms with Gasteiger partial charge in [0.25, 0.3) is 5.91 Å². The van der Waals surface area contributed by atoms with Crippen LogP contribution in [0.5, 0.6) is 0 Å². The number of carbonyl (C=O) groups is 1. The molecule has 0 aliphatic heterocycles. The minimum Gasteiger partial charge on any atom is -0.339 e. The average Bonchev–Trinajstić information content (AvgIpc) is 2.45. The van der Waals surface area contributed by atoms with Crippen molar-refractivity contribution in [3.05, 3.63) is 34.9 Å². The third kappa shape index (κ3) is 4.97. The van der Waals surface area contributed by atoms with Crippen molar-refractivity contribution < 1.29 is 4.79 Å². The summed E-state index contributed by atoms with van der Waals surface area (Å²) in [5, 5.41) is 3.54. The molecule has 0 saturated heterocycles. The zero-order chi connectivity index (χ0) is 13.7. The summed E-state index contributed by atoms with van der Waals surface area (Å²) in [7, 11) is 2.08. The fourth-order valence-electron chi connectivity index (χ4n) is 2.58. The van der Waals surface area contributed by atoms with E-state index in [4.69, 9.17) is 11.6 Å². The monoisotopic (exact) mass is 316 g/mol. The van der Waals surface area contributed by atoms with Gasteiger partial charge in [0.05, 0.1) is 6.67 Å². The molecule has 1 amide bonds. The number of nitrogens with one attached hydrogen (secondary N) is 1. The Labute approximate surface area is 132 Å². The van der Waals surface area contributed by atoms with Crippen LogP contribution in [-0.4, -0.2) is 30.6 Å². The van der Waals surface area contributed by atoms with Crippen molar-refractivity contribution in [3.8, 4) is 0 Å². The molecule has 1 aliphatic rings. The average molecular weight is 317 g/mol. The highest BCUT2D eigenvalue weighted by molar-refractivity contribution is 6.30. The minimum absolute atomic E-state index is 0. The summed E-state index contributed by atoms with van der Waals surface area (Å²) < 4.78 is 0. The number of amides is 1. The maximum absolute atomic E-state index is 12.0. The Hall–Kier alpha value is -0.770. The lowest BCUT2D eigenvalue weighted by Crippen LogP contribution is -2.42. The predicted octanol–water partition coefficient (Wildman–Crippen LogP) is 3.71. The lowest BCUT2D eigenvalue weighted by Gasteiger charge is -2.31. The quantitative estimate of drug-likeness (QED) is 0.859. The second-order valence-electron chi connectivity index (χ2n) is 5.22. The first kappa shape index (κ1) is 17.3. The zero-order valence-electron chi connectivity index (χ0n) is 11.8. The number of benzene rings is 1.